The fourth-order valence-electron chi connectivity index (χ4n) is 4.98. The third-order valence-corrected chi connectivity index (χ3v) is 7.46. The molecule has 3 aromatic heterocycles. The maximum absolute atomic E-state index is 12.2. The van der Waals surface area contributed by atoms with Gasteiger partial charge in [-0.05, 0) is 36.8 Å². The van der Waals surface area contributed by atoms with Crippen molar-refractivity contribution in [1.29, 1.82) is 0 Å². The molecule has 9 nitrogen and oxygen atoms in total. The van der Waals surface area contributed by atoms with Crippen LogP contribution in [0.4, 0.5) is 0 Å². The van der Waals surface area contributed by atoms with Crippen molar-refractivity contribution < 1.29 is 23.8 Å². The number of furan rings is 1. The summed E-state index contributed by atoms with van der Waals surface area (Å²) in [5, 5.41) is 11.4. The zero-order valence-corrected chi connectivity index (χ0v) is 18.5. The van der Waals surface area contributed by atoms with Gasteiger partial charge in [-0.3, -0.25) is 19.5 Å². The molecule has 2 saturated heterocycles. The third-order valence-electron chi connectivity index (χ3n) is 6.55. The number of carboxylic acid groups (broad SMARTS) is 1. The Kier molecular flexibility index (Phi) is 4.43. The minimum Gasteiger partial charge on any atom is -0.480 e. The van der Waals surface area contributed by atoms with Crippen LogP contribution in [0.25, 0.3) is 21.2 Å². The average molecular weight is 465 g/mol. The van der Waals surface area contributed by atoms with E-state index < -0.39 is 11.5 Å². The number of nitrogens with zero attached hydrogens (tertiary/aromatic N) is 4. The number of benzene rings is 1. The van der Waals surface area contributed by atoms with Crippen LogP contribution in [0.5, 0.6) is 10.9 Å². The number of ether oxygens (including phenoxy) is 1. The number of carboxylic acids is 1. The van der Waals surface area contributed by atoms with Crippen molar-refractivity contribution in [3.8, 4) is 10.9 Å². The van der Waals surface area contributed by atoms with Crippen LogP contribution in [0, 0.1) is 0 Å². The van der Waals surface area contributed by atoms with Gasteiger partial charge in [0.15, 0.2) is 0 Å². The van der Waals surface area contributed by atoms with E-state index in [2.05, 4.69) is 9.97 Å². The van der Waals surface area contributed by atoms with Gasteiger partial charge in [0.05, 0.1) is 24.0 Å². The summed E-state index contributed by atoms with van der Waals surface area (Å²) in [6, 6.07) is 9.27. The predicted molar refractivity (Wildman–Crippen MR) is 120 cm³/mol. The molecule has 2 fully saturated rings. The second-order valence-corrected chi connectivity index (χ2v) is 9.55. The van der Waals surface area contributed by atoms with Gasteiger partial charge in [0.2, 0.25) is 5.91 Å². The van der Waals surface area contributed by atoms with Gasteiger partial charge in [-0.1, -0.05) is 11.3 Å². The SMILES string of the molecule is CC(=O)N1CC2(C(=O)O)C[C@H]1CN2Cc1cc2cc(Oc3nc4cnccc4s3)ccc2o1. The number of likely N-dealkylation sites (tertiary alicyclic amines) is 2. The molecule has 2 atom stereocenters. The quantitative estimate of drug-likeness (QED) is 0.478. The number of aliphatic carboxylic acids is 1. The number of pyridine rings is 1. The lowest BCUT2D eigenvalue weighted by atomic mass is 9.99. The summed E-state index contributed by atoms with van der Waals surface area (Å²) >= 11 is 1.45. The third kappa shape index (κ3) is 3.25. The molecule has 1 aromatic carbocycles. The molecule has 0 radical (unpaired) electrons. The molecule has 4 aromatic rings. The summed E-state index contributed by atoms with van der Waals surface area (Å²) in [7, 11) is 0. The Morgan fingerprint density at radius 2 is 2.21 bits per heavy atom. The number of hydrogen-bond donors (Lipinski definition) is 1. The van der Waals surface area contributed by atoms with Gasteiger partial charge in [0.25, 0.3) is 5.19 Å². The van der Waals surface area contributed by atoms with Crippen LogP contribution in [0.1, 0.15) is 19.1 Å². The van der Waals surface area contributed by atoms with Gasteiger partial charge in [-0.2, -0.15) is 0 Å². The first-order chi connectivity index (χ1) is 15.9. The highest BCUT2D eigenvalue weighted by atomic mass is 32.1. The highest BCUT2D eigenvalue weighted by Crippen LogP contribution is 2.42. The van der Waals surface area contributed by atoms with Gasteiger partial charge < -0.3 is 19.2 Å². The van der Waals surface area contributed by atoms with Crippen LogP contribution in [0.15, 0.2) is 47.1 Å². The molecule has 0 spiro atoms. The largest absolute Gasteiger partial charge is 0.480 e. The monoisotopic (exact) mass is 464 g/mol. The molecule has 1 unspecified atom stereocenters. The summed E-state index contributed by atoms with van der Waals surface area (Å²) < 4.78 is 12.9. The van der Waals surface area contributed by atoms with Crippen molar-refractivity contribution in [3.05, 3.63) is 48.5 Å². The second-order valence-electron chi connectivity index (χ2n) is 8.56. The average Bonchev–Trinajstić information content (AvgIpc) is 3.53. The summed E-state index contributed by atoms with van der Waals surface area (Å²) in [5.41, 5.74) is 0.426. The minimum absolute atomic E-state index is 0.0769. The Morgan fingerprint density at radius 3 is 3.00 bits per heavy atom. The molecule has 0 aliphatic carbocycles. The number of piperazine rings is 1. The van der Waals surface area contributed by atoms with E-state index in [1.54, 1.807) is 17.3 Å². The van der Waals surface area contributed by atoms with Gasteiger partial charge in [0, 0.05) is 31.1 Å². The number of thiazole rings is 1. The Bertz CT molecular complexity index is 1380. The maximum atomic E-state index is 12.2. The first-order valence-electron chi connectivity index (χ1n) is 10.6. The lowest BCUT2D eigenvalue weighted by Crippen LogP contribution is -2.58. The van der Waals surface area contributed by atoms with E-state index in [-0.39, 0.29) is 18.5 Å². The van der Waals surface area contributed by atoms with E-state index in [0.29, 0.717) is 41.8 Å². The van der Waals surface area contributed by atoms with Crippen LogP contribution in [0.2, 0.25) is 0 Å². The number of hydrogen-bond acceptors (Lipinski definition) is 8. The van der Waals surface area contributed by atoms with Crippen molar-refractivity contribution in [2.75, 3.05) is 13.1 Å². The highest BCUT2D eigenvalue weighted by molar-refractivity contribution is 7.20. The Balaban J connectivity index is 1.23. The van der Waals surface area contributed by atoms with Crippen LogP contribution < -0.4 is 4.74 Å². The van der Waals surface area contributed by atoms with Crippen molar-refractivity contribution in [3.63, 3.8) is 0 Å². The van der Waals surface area contributed by atoms with Crippen molar-refractivity contribution in [2.45, 2.75) is 31.5 Å². The normalized spacial score (nSPS) is 22.5. The second kappa shape index (κ2) is 7.26. The van der Waals surface area contributed by atoms with E-state index in [1.165, 1.54) is 18.3 Å². The number of amides is 1. The Morgan fingerprint density at radius 1 is 1.33 bits per heavy atom. The zero-order valence-electron chi connectivity index (χ0n) is 17.7. The number of rotatable bonds is 5. The van der Waals surface area contributed by atoms with E-state index in [9.17, 15) is 14.7 Å². The number of fused-ring (bicyclic) bond motifs is 4. The number of aromatic nitrogens is 2. The van der Waals surface area contributed by atoms with Gasteiger partial charge in [0.1, 0.15) is 28.1 Å². The van der Waals surface area contributed by atoms with Crippen LogP contribution >= 0.6 is 11.3 Å². The predicted octanol–water partition coefficient (Wildman–Crippen LogP) is 3.49. The van der Waals surface area contributed by atoms with Gasteiger partial charge in [-0.25, -0.2) is 4.98 Å². The van der Waals surface area contributed by atoms with E-state index in [0.717, 1.165) is 15.6 Å². The molecule has 33 heavy (non-hydrogen) atoms. The zero-order chi connectivity index (χ0) is 22.7. The van der Waals surface area contributed by atoms with E-state index >= 15 is 0 Å². The van der Waals surface area contributed by atoms with Crippen LogP contribution in [-0.4, -0.2) is 61.4 Å². The molecule has 2 aliphatic rings. The van der Waals surface area contributed by atoms with Gasteiger partial charge >= 0.3 is 5.97 Å². The standard InChI is InChI=1S/C23H20N4O5S/c1-13(28)27-12-23(21(29)30)8-15(27)10-26(23)11-17-7-14-6-16(2-3-19(14)31-17)32-22-25-18-9-24-5-4-20(18)33-22/h2-7,9,15H,8,10-12H2,1H3,(H,29,30)/t15-,23?/m0/s1. The van der Waals surface area contributed by atoms with Crippen LogP contribution in [-0.2, 0) is 16.1 Å². The van der Waals surface area contributed by atoms with E-state index in [4.69, 9.17) is 9.15 Å². The maximum Gasteiger partial charge on any atom is 0.326 e. The molecule has 2 aliphatic heterocycles. The molecule has 1 N–H and O–H groups in total. The molecule has 5 heterocycles. The van der Waals surface area contributed by atoms with Crippen molar-refractivity contribution in [2.24, 2.45) is 0 Å². The summed E-state index contributed by atoms with van der Waals surface area (Å²) in [6.07, 6.45) is 3.87. The minimum atomic E-state index is -1.06. The summed E-state index contributed by atoms with van der Waals surface area (Å²) in [4.78, 5) is 36.2. The van der Waals surface area contributed by atoms with Crippen molar-refractivity contribution in [1.82, 2.24) is 19.8 Å². The molecule has 168 valence electrons. The Labute approximate surface area is 192 Å². The molecule has 10 heteroatoms. The Hall–Kier alpha value is -3.50. The molecule has 0 saturated carbocycles. The number of carbonyl (C=O) groups is 2. The molecular formula is C23H20N4O5S. The lowest BCUT2D eigenvalue weighted by Gasteiger charge is -2.38. The van der Waals surface area contributed by atoms with Crippen LogP contribution in [0.3, 0.4) is 0 Å². The van der Waals surface area contributed by atoms with Gasteiger partial charge in [-0.15, -0.1) is 0 Å². The van der Waals surface area contributed by atoms with Crippen molar-refractivity contribution >= 4 is 44.4 Å². The first-order valence-corrected chi connectivity index (χ1v) is 11.4. The molecule has 1 amide bonds. The fourth-order valence-corrected chi connectivity index (χ4v) is 5.78. The lowest BCUT2D eigenvalue weighted by molar-refractivity contribution is -0.152. The highest BCUT2D eigenvalue weighted by Gasteiger charge is 2.60. The number of carbonyl (C=O) groups excluding carboxylic acids is 1. The topological polar surface area (TPSA) is 109 Å². The van der Waals surface area contributed by atoms with E-state index in [1.807, 2.05) is 35.2 Å². The molecular weight excluding hydrogens is 444 g/mol. The first kappa shape index (κ1) is 20.1. The fraction of sp³-hybridized carbons (Fsp3) is 0.304. The smallest absolute Gasteiger partial charge is 0.326 e. The molecule has 6 rings (SSSR count). The molecule has 2 bridgehead atoms. The summed E-state index contributed by atoms with van der Waals surface area (Å²) in [6.45, 7) is 2.58. The summed E-state index contributed by atoms with van der Waals surface area (Å²) in [5.74, 6) is 0.340.